The van der Waals surface area contributed by atoms with Gasteiger partial charge in [0.05, 0.1) is 5.57 Å². The number of rotatable bonds is 2. The Balaban J connectivity index is 1.83. The molecule has 0 atom stereocenters. The van der Waals surface area contributed by atoms with Crippen LogP contribution < -0.4 is 5.63 Å². The van der Waals surface area contributed by atoms with Gasteiger partial charge < -0.3 is 9.15 Å². The van der Waals surface area contributed by atoms with E-state index in [1.807, 2.05) is 49.4 Å². The fourth-order valence-electron chi connectivity index (χ4n) is 2.82. The average molecular weight is 330 g/mol. The highest BCUT2D eigenvalue weighted by molar-refractivity contribution is 6.06. The van der Waals surface area contributed by atoms with E-state index in [1.54, 1.807) is 18.2 Å². The maximum absolute atomic E-state index is 12.2. The average Bonchev–Trinajstić information content (AvgIpc) is 2.96. The Kier molecular flexibility index (Phi) is 3.58. The number of hydrogen-bond donors (Lipinski definition) is 0. The number of cyclic esters (lactones) is 1. The van der Waals surface area contributed by atoms with Crippen molar-refractivity contribution in [3.05, 3.63) is 93.4 Å². The molecule has 2 heterocycles. The third-order valence-electron chi connectivity index (χ3n) is 4.03. The molecule has 4 nitrogen and oxygen atoms in total. The molecular formula is C21H14O4. The first-order valence-electron chi connectivity index (χ1n) is 7.86. The summed E-state index contributed by atoms with van der Waals surface area (Å²) in [6.07, 6.45) is 3.35. The number of fused-ring (bicyclic) bond motifs is 1. The van der Waals surface area contributed by atoms with E-state index in [-0.39, 0.29) is 0 Å². The van der Waals surface area contributed by atoms with Gasteiger partial charge in [-0.1, -0.05) is 42.5 Å². The van der Waals surface area contributed by atoms with Crippen molar-refractivity contribution in [3.63, 3.8) is 0 Å². The molecule has 4 rings (SSSR count). The van der Waals surface area contributed by atoms with E-state index in [0.29, 0.717) is 22.5 Å². The number of hydrogen-bond acceptors (Lipinski definition) is 4. The summed E-state index contributed by atoms with van der Waals surface area (Å²) in [4.78, 5) is 24.0. The van der Waals surface area contributed by atoms with Crippen LogP contribution in [0, 0.1) is 6.92 Å². The minimum absolute atomic E-state index is 0.395. The number of carbonyl (C=O) groups is 1. The van der Waals surface area contributed by atoms with Crippen LogP contribution in [0.25, 0.3) is 22.8 Å². The molecule has 4 heteroatoms. The lowest BCUT2D eigenvalue weighted by atomic mass is 10.0. The van der Waals surface area contributed by atoms with Gasteiger partial charge in [0.15, 0.2) is 0 Å². The molecule has 0 aliphatic carbocycles. The fourth-order valence-corrected chi connectivity index (χ4v) is 2.82. The summed E-state index contributed by atoms with van der Waals surface area (Å²) in [5, 5.41) is 0.770. The van der Waals surface area contributed by atoms with E-state index in [0.717, 1.165) is 16.5 Å². The summed E-state index contributed by atoms with van der Waals surface area (Å²) >= 11 is 0. The molecule has 3 aromatic rings. The normalized spacial score (nSPS) is 15.5. The largest absolute Gasteiger partial charge is 0.423 e. The standard InChI is InChI=1S/C21H14O4/c1-13-7-8-17-15(12-20(22)24-19(17)9-13)10-16-11-18(25-21(16)23)14-5-3-2-4-6-14/h2-12H,1H3/b16-10+. The van der Waals surface area contributed by atoms with E-state index in [2.05, 4.69) is 0 Å². The smallest absolute Gasteiger partial charge is 0.343 e. The molecule has 0 fully saturated rings. The van der Waals surface area contributed by atoms with Crippen LogP contribution in [0.3, 0.4) is 0 Å². The fraction of sp³-hybridized carbons (Fsp3) is 0.0476. The zero-order chi connectivity index (χ0) is 17.4. The number of carbonyl (C=O) groups excluding carboxylic acids is 1. The number of benzene rings is 2. The van der Waals surface area contributed by atoms with E-state index in [9.17, 15) is 9.59 Å². The minimum Gasteiger partial charge on any atom is -0.423 e. The summed E-state index contributed by atoms with van der Waals surface area (Å²) in [5.41, 5.74) is 2.89. The van der Waals surface area contributed by atoms with Crippen molar-refractivity contribution >= 4 is 28.8 Å². The van der Waals surface area contributed by atoms with Crippen LogP contribution in [0.15, 0.2) is 75.5 Å². The predicted molar refractivity (Wildman–Crippen MR) is 95.7 cm³/mol. The minimum atomic E-state index is -0.455. The van der Waals surface area contributed by atoms with Crippen LogP contribution in [-0.4, -0.2) is 5.97 Å². The van der Waals surface area contributed by atoms with Gasteiger partial charge in [-0.15, -0.1) is 0 Å². The SMILES string of the molecule is Cc1ccc2c(/C=C3\C=C(c4ccccc4)OC3=O)cc(=O)oc2c1. The summed E-state index contributed by atoms with van der Waals surface area (Å²) in [6.45, 7) is 1.92. The Hall–Kier alpha value is -3.40. The molecule has 0 N–H and O–H groups in total. The lowest BCUT2D eigenvalue weighted by Crippen LogP contribution is -2.00. The molecule has 0 spiro atoms. The second-order valence-corrected chi connectivity index (χ2v) is 5.88. The van der Waals surface area contributed by atoms with Crippen LogP contribution in [0.5, 0.6) is 0 Å². The van der Waals surface area contributed by atoms with Crippen LogP contribution in [-0.2, 0) is 9.53 Å². The highest BCUT2D eigenvalue weighted by atomic mass is 16.5. The Morgan fingerprint density at radius 2 is 1.76 bits per heavy atom. The molecule has 0 bridgehead atoms. The topological polar surface area (TPSA) is 56.5 Å². The molecule has 1 aliphatic rings. The van der Waals surface area contributed by atoms with Crippen LogP contribution in [0.4, 0.5) is 0 Å². The van der Waals surface area contributed by atoms with Crippen molar-refractivity contribution in [2.45, 2.75) is 6.92 Å². The van der Waals surface area contributed by atoms with Crippen LogP contribution in [0.2, 0.25) is 0 Å². The first-order chi connectivity index (χ1) is 12.1. The van der Waals surface area contributed by atoms with Crippen molar-refractivity contribution in [2.75, 3.05) is 0 Å². The molecule has 122 valence electrons. The van der Waals surface area contributed by atoms with Crippen molar-refractivity contribution in [3.8, 4) is 0 Å². The Morgan fingerprint density at radius 1 is 0.960 bits per heavy atom. The molecule has 0 saturated carbocycles. The first kappa shape index (κ1) is 15.1. The molecule has 1 aromatic heterocycles. The van der Waals surface area contributed by atoms with Crippen molar-refractivity contribution < 1.29 is 13.9 Å². The Morgan fingerprint density at radius 3 is 2.56 bits per heavy atom. The highest BCUT2D eigenvalue weighted by Gasteiger charge is 2.22. The lowest BCUT2D eigenvalue weighted by molar-refractivity contribution is -0.130. The van der Waals surface area contributed by atoms with E-state index in [1.165, 1.54) is 6.07 Å². The van der Waals surface area contributed by atoms with Gasteiger partial charge in [-0.3, -0.25) is 0 Å². The van der Waals surface area contributed by atoms with Crippen LogP contribution >= 0.6 is 0 Å². The predicted octanol–water partition coefficient (Wildman–Crippen LogP) is 4.08. The lowest BCUT2D eigenvalue weighted by Gasteiger charge is -2.02. The molecule has 0 unspecified atom stereocenters. The molecule has 0 saturated heterocycles. The molecule has 2 aromatic carbocycles. The number of esters is 1. The summed E-state index contributed by atoms with van der Waals surface area (Å²) < 4.78 is 10.6. The van der Waals surface area contributed by atoms with Gasteiger partial charge in [-0.25, -0.2) is 9.59 Å². The molecule has 25 heavy (non-hydrogen) atoms. The first-order valence-corrected chi connectivity index (χ1v) is 7.86. The number of ether oxygens (including phenoxy) is 1. The zero-order valence-electron chi connectivity index (χ0n) is 13.5. The van der Waals surface area contributed by atoms with E-state index >= 15 is 0 Å². The Labute approximate surface area is 143 Å². The summed E-state index contributed by atoms with van der Waals surface area (Å²) in [5.74, 6) is 0.0623. The van der Waals surface area contributed by atoms with Gasteiger partial charge in [0.2, 0.25) is 0 Å². The quantitative estimate of drug-likeness (QED) is 0.403. The number of aryl methyl sites for hydroxylation is 1. The molecule has 1 aliphatic heterocycles. The second kappa shape index (κ2) is 5.91. The van der Waals surface area contributed by atoms with Gasteiger partial charge in [0, 0.05) is 17.0 Å². The summed E-state index contributed by atoms with van der Waals surface area (Å²) in [7, 11) is 0. The zero-order valence-corrected chi connectivity index (χ0v) is 13.5. The van der Waals surface area contributed by atoms with E-state index in [4.69, 9.17) is 9.15 Å². The second-order valence-electron chi connectivity index (χ2n) is 5.88. The maximum Gasteiger partial charge on any atom is 0.343 e. The van der Waals surface area contributed by atoms with Crippen LogP contribution in [0.1, 0.15) is 16.7 Å². The van der Waals surface area contributed by atoms with Gasteiger partial charge in [-0.05, 0) is 36.3 Å². The maximum atomic E-state index is 12.2. The van der Waals surface area contributed by atoms with Gasteiger partial charge in [0.25, 0.3) is 0 Å². The molecule has 0 radical (unpaired) electrons. The third-order valence-corrected chi connectivity index (χ3v) is 4.03. The van der Waals surface area contributed by atoms with Gasteiger partial charge in [0.1, 0.15) is 11.3 Å². The van der Waals surface area contributed by atoms with Crippen molar-refractivity contribution in [1.82, 2.24) is 0 Å². The third kappa shape index (κ3) is 2.90. The van der Waals surface area contributed by atoms with Crippen molar-refractivity contribution in [2.24, 2.45) is 0 Å². The monoisotopic (exact) mass is 330 g/mol. The molecule has 0 amide bonds. The van der Waals surface area contributed by atoms with Gasteiger partial charge >= 0.3 is 11.6 Å². The summed E-state index contributed by atoms with van der Waals surface area (Å²) in [6, 6.07) is 16.4. The molecular weight excluding hydrogens is 316 g/mol. The van der Waals surface area contributed by atoms with Gasteiger partial charge in [-0.2, -0.15) is 0 Å². The van der Waals surface area contributed by atoms with E-state index < -0.39 is 11.6 Å². The van der Waals surface area contributed by atoms with Crippen molar-refractivity contribution in [1.29, 1.82) is 0 Å². The Bertz CT molecular complexity index is 1100. The highest BCUT2D eigenvalue weighted by Crippen LogP contribution is 2.28.